The lowest BCUT2D eigenvalue weighted by Gasteiger charge is -2.50. The Morgan fingerprint density at radius 2 is 1.86 bits per heavy atom. The molecule has 0 spiro atoms. The molecule has 3 N–H and O–H groups in total. The second-order valence-corrected chi connectivity index (χ2v) is 8.20. The summed E-state index contributed by atoms with van der Waals surface area (Å²) in [5, 5.41) is 32.4. The third-order valence-electron chi connectivity index (χ3n) is 5.82. The van der Waals surface area contributed by atoms with Crippen LogP contribution < -0.4 is 5.32 Å². The monoisotopic (exact) mass is 510 g/mol. The van der Waals surface area contributed by atoms with Crippen LogP contribution in [0.15, 0.2) is 48.9 Å². The van der Waals surface area contributed by atoms with Gasteiger partial charge in [-0.05, 0) is 44.2 Å². The topological polar surface area (TPSA) is 126 Å². The molecular formula is C22H22F4N6O4. The third-order valence-corrected chi connectivity index (χ3v) is 5.82. The van der Waals surface area contributed by atoms with Crippen LogP contribution in [0.5, 0.6) is 0 Å². The fraction of sp³-hybridized carbons (Fsp3) is 0.364. The first kappa shape index (κ1) is 25.5. The number of hydrogen-bond donors (Lipinski definition) is 3. The van der Waals surface area contributed by atoms with Crippen LogP contribution in [-0.2, 0) is 10.9 Å². The number of aliphatic hydroxyl groups is 2. The Balaban J connectivity index is 1.67. The molecule has 3 aromatic rings. The largest absolute Gasteiger partial charge is 0.417 e. The highest BCUT2D eigenvalue weighted by molar-refractivity contribution is 5.98. The molecule has 14 heteroatoms. The summed E-state index contributed by atoms with van der Waals surface area (Å²) in [4.78, 5) is 19.2. The first-order valence-electron chi connectivity index (χ1n) is 10.8. The van der Waals surface area contributed by atoms with Crippen molar-refractivity contribution < 1.29 is 37.3 Å². The molecule has 0 saturated carbocycles. The molecule has 1 fully saturated rings. The molecule has 0 radical (unpaired) electrons. The number of rotatable bonds is 5. The van der Waals surface area contributed by atoms with Gasteiger partial charge >= 0.3 is 6.18 Å². The molecule has 3 heterocycles. The molecule has 4 rings (SSSR count). The summed E-state index contributed by atoms with van der Waals surface area (Å²) in [6, 6.07) is 4.16. The summed E-state index contributed by atoms with van der Waals surface area (Å²) in [6.07, 6.45) is -3.23. The molecule has 0 aliphatic carbocycles. The fourth-order valence-corrected chi connectivity index (χ4v) is 3.91. The molecule has 2 aromatic heterocycles. The average Bonchev–Trinajstić information content (AvgIpc) is 3.34. The van der Waals surface area contributed by atoms with E-state index in [1.165, 1.54) is 25.4 Å². The van der Waals surface area contributed by atoms with Gasteiger partial charge in [0, 0.05) is 12.7 Å². The summed E-state index contributed by atoms with van der Waals surface area (Å²) >= 11 is 0. The maximum absolute atomic E-state index is 14.2. The summed E-state index contributed by atoms with van der Waals surface area (Å²) < 4.78 is 58.2. The molecule has 3 unspecified atom stereocenters. The van der Waals surface area contributed by atoms with Gasteiger partial charge in [0.25, 0.3) is 11.8 Å². The van der Waals surface area contributed by atoms with Crippen LogP contribution in [0, 0.1) is 5.82 Å². The fourth-order valence-electron chi connectivity index (χ4n) is 3.91. The minimum absolute atomic E-state index is 0.0508. The number of carbonyl (C=O) groups excluding carboxylic acids is 1. The van der Waals surface area contributed by atoms with Crippen LogP contribution in [0.4, 0.5) is 23.4 Å². The Morgan fingerprint density at radius 1 is 1.17 bits per heavy atom. The summed E-state index contributed by atoms with van der Waals surface area (Å²) in [5.74, 6) is -4.48. The van der Waals surface area contributed by atoms with E-state index in [4.69, 9.17) is 4.74 Å². The van der Waals surface area contributed by atoms with Gasteiger partial charge in [-0.25, -0.2) is 9.37 Å². The van der Waals surface area contributed by atoms with E-state index in [0.29, 0.717) is 6.20 Å². The number of nitrogens with one attached hydrogen (secondary N) is 1. The molecule has 1 aliphatic heterocycles. The Hall–Kier alpha value is -3.62. The number of halogens is 4. The van der Waals surface area contributed by atoms with Gasteiger partial charge in [-0.15, -0.1) is 0 Å². The first-order valence-corrected chi connectivity index (χ1v) is 10.8. The Kier molecular flexibility index (Phi) is 6.68. The van der Waals surface area contributed by atoms with Crippen molar-refractivity contribution in [3.8, 4) is 5.69 Å². The van der Waals surface area contributed by atoms with Crippen LogP contribution in [-0.4, -0.2) is 71.7 Å². The molecule has 1 amide bonds. The van der Waals surface area contributed by atoms with Crippen LogP contribution in [0.3, 0.4) is 0 Å². The molecule has 0 bridgehead atoms. The normalized spacial score (nSPS) is 21.9. The zero-order valence-electron chi connectivity index (χ0n) is 19.0. The number of morpholine rings is 1. The zero-order valence-corrected chi connectivity index (χ0v) is 19.0. The minimum Gasteiger partial charge on any atom is -0.368 e. The summed E-state index contributed by atoms with van der Waals surface area (Å²) in [7, 11) is 0. The van der Waals surface area contributed by atoms with Gasteiger partial charge in [-0.2, -0.15) is 28.2 Å². The highest BCUT2D eigenvalue weighted by Gasteiger charge is 2.52. The maximum Gasteiger partial charge on any atom is 0.417 e. The first-order chi connectivity index (χ1) is 16.9. The molecule has 3 atom stereocenters. The lowest BCUT2D eigenvalue weighted by Crippen LogP contribution is -2.70. The second-order valence-electron chi connectivity index (χ2n) is 8.20. The van der Waals surface area contributed by atoms with E-state index in [2.05, 4.69) is 20.5 Å². The van der Waals surface area contributed by atoms with Gasteiger partial charge in [0.2, 0.25) is 0 Å². The van der Waals surface area contributed by atoms with Crippen LogP contribution >= 0.6 is 0 Å². The number of benzene rings is 1. The quantitative estimate of drug-likeness (QED) is 0.352. The summed E-state index contributed by atoms with van der Waals surface area (Å²) in [5.41, 5.74) is -1.11. The second kappa shape index (κ2) is 9.44. The van der Waals surface area contributed by atoms with Crippen LogP contribution in [0.2, 0.25) is 0 Å². The van der Waals surface area contributed by atoms with Gasteiger partial charge in [0.1, 0.15) is 17.7 Å². The maximum atomic E-state index is 14.2. The van der Waals surface area contributed by atoms with Crippen molar-refractivity contribution in [1.82, 2.24) is 24.9 Å². The van der Waals surface area contributed by atoms with E-state index in [9.17, 15) is 32.6 Å². The number of nitrogens with zero attached hydrogens (tertiary/aromatic N) is 5. The predicted octanol–water partition coefficient (Wildman–Crippen LogP) is 2.19. The Labute approximate surface area is 202 Å². The standard InChI is InChI=1S/C22H22F4N6O4/c1-12-18(11-28-19-6-3-14(10-27-19)21(24,25)26)31(22(34,35)13(2)36-12)20(33)16-9-15(23)4-5-17(16)32-29-7-8-30-32/h3-10,12-13,18,34-35H,11H2,1-2H3,(H,27,28). The number of hydrogen-bond acceptors (Lipinski definition) is 8. The predicted molar refractivity (Wildman–Crippen MR) is 116 cm³/mol. The molecule has 36 heavy (non-hydrogen) atoms. The smallest absolute Gasteiger partial charge is 0.368 e. The van der Waals surface area contributed by atoms with E-state index in [-0.39, 0.29) is 23.6 Å². The van der Waals surface area contributed by atoms with E-state index < -0.39 is 47.6 Å². The van der Waals surface area contributed by atoms with E-state index in [1.54, 1.807) is 6.92 Å². The number of anilines is 1. The highest BCUT2D eigenvalue weighted by Crippen LogP contribution is 2.33. The van der Waals surface area contributed by atoms with Crippen molar-refractivity contribution in [2.24, 2.45) is 0 Å². The SMILES string of the molecule is CC1OC(C)C(O)(O)N(C(=O)c2cc(F)ccc2-n2nccn2)C1CNc1ccc(C(F)(F)F)cn1. The van der Waals surface area contributed by atoms with Gasteiger partial charge in [-0.1, -0.05) is 0 Å². The van der Waals surface area contributed by atoms with E-state index in [0.717, 1.165) is 34.0 Å². The molecule has 1 saturated heterocycles. The Morgan fingerprint density at radius 3 is 2.47 bits per heavy atom. The zero-order chi connectivity index (χ0) is 26.3. The van der Waals surface area contributed by atoms with E-state index in [1.807, 2.05) is 0 Å². The molecule has 1 aromatic carbocycles. The Bertz CT molecular complexity index is 1220. The number of ether oxygens (including phenoxy) is 1. The number of alkyl halides is 3. The summed E-state index contributed by atoms with van der Waals surface area (Å²) in [6.45, 7) is 2.74. The third kappa shape index (κ3) is 4.87. The van der Waals surface area contributed by atoms with Crippen molar-refractivity contribution in [3.63, 3.8) is 0 Å². The van der Waals surface area contributed by atoms with Gasteiger partial charge in [-0.3, -0.25) is 9.69 Å². The van der Waals surface area contributed by atoms with Gasteiger partial charge < -0.3 is 20.3 Å². The van der Waals surface area contributed by atoms with Crippen molar-refractivity contribution in [2.75, 3.05) is 11.9 Å². The molecular weight excluding hydrogens is 488 g/mol. The molecule has 1 aliphatic rings. The highest BCUT2D eigenvalue weighted by atomic mass is 19.4. The van der Waals surface area contributed by atoms with Gasteiger partial charge in [0.05, 0.1) is 41.4 Å². The molecule has 10 nitrogen and oxygen atoms in total. The van der Waals surface area contributed by atoms with Crippen LogP contribution in [0.25, 0.3) is 5.69 Å². The van der Waals surface area contributed by atoms with Crippen molar-refractivity contribution in [3.05, 3.63) is 65.9 Å². The minimum atomic E-state index is -4.56. The average molecular weight is 510 g/mol. The number of carbonyl (C=O) groups is 1. The lowest BCUT2D eigenvalue weighted by atomic mass is 10.0. The van der Waals surface area contributed by atoms with Crippen LogP contribution in [0.1, 0.15) is 29.8 Å². The van der Waals surface area contributed by atoms with E-state index >= 15 is 0 Å². The van der Waals surface area contributed by atoms with Crippen molar-refractivity contribution >= 4 is 11.7 Å². The number of aromatic nitrogens is 4. The van der Waals surface area contributed by atoms with Crippen molar-refractivity contribution in [1.29, 1.82) is 0 Å². The number of amides is 1. The lowest BCUT2D eigenvalue weighted by molar-refractivity contribution is -0.347. The molecule has 192 valence electrons. The van der Waals surface area contributed by atoms with Gasteiger partial charge in [0.15, 0.2) is 0 Å². The number of pyridine rings is 1. The van der Waals surface area contributed by atoms with Crippen molar-refractivity contribution in [2.45, 2.75) is 44.2 Å².